The lowest BCUT2D eigenvalue weighted by Gasteiger charge is -2.26. The molecule has 1 unspecified atom stereocenters. The molecule has 0 radical (unpaired) electrons. The van der Waals surface area contributed by atoms with E-state index in [9.17, 15) is 19.5 Å². The Bertz CT molecular complexity index is 993. The monoisotopic (exact) mass is 467 g/mol. The summed E-state index contributed by atoms with van der Waals surface area (Å²) in [6, 6.07) is 14.8. The molecule has 3 N–H and O–H groups in total. The van der Waals surface area contributed by atoms with Crippen molar-refractivity contribution >= 4 is 18.0 Å². The number of carbonyl (C=O) groups excluding carboxylic acids is 2. The van der Waals surface area contributed by atoms with E-state index >= 15 is 0 Å². The number of carboxylic acid groups (broad SMARTS) is 1. The first-order chi connectivity index (χ1) is 16.2. The fraction of sp³-hybridized carbons (Fsp3) is 0.423. The third kappa shape index (κ3) is 6.14. The van der Waals surface area contributed by atoms with Crippen LogP contribution in [0.1, 0.15) is 44.2 Å². The van der Waals surface area contributed by atoms with Gasteiger partial charge in [0.05, 0.1) is 6.42 Å². The van der Waals surface area contributed by atoms with Crippen LogP contribution in [0.4, 0.5) is 4.79 Å². The Morgan fingerprint density at radius 1 is 0.971 bits per heavy atom. The molecule has 8 nitrogen and oxygen atoms in total. The molecule has 8 heteroatoms. The zero-order valence-electron chi connectivity index (χ0n) is 20.1. The Balaban J connectivity index is 1.62. The van der Waals surface area contributed by atoms with E-state index in [1.165, 1.54) is 0 Å². The van der Waals surface area contributed by atoms with Crippen LogP contribution in [0, 0.1) is 0 Å². The zero-order valence-corrected chi connectivity index (χ0v) is 20.1. The quantitative estimate of drug-likeness (QED) is 0.495. The number of carboxylic acids is 1. The zero-order chi connectivity index (χ0) is 24.8. The fourth-order valence-electron chi connectivity index (χ4n) is 4.20. The minimum absolute atomic E-state index is 0.0802. The lowest BCUT2D eigenvalue weighted by molar-refractivity contribution is -0.140. The van der Waals surface area contributed by atoms with Crippen LogP contribution < -0.4 is 10.6 Å². The molecule has 0 bridgehead atoms. The van der Waals surface area contributed by atoms with E-state index in [0.29, 0.717) is 12.6 Å². The van der Waals surface area contributed by atoms with E-state index in [-0.39, 0.29) is 18.6 Å². The summed E-state index contributed by atoms with van der Waals surface area (Å²) in [5, 5.41) is 14.5. The summed E-state index contributed by atoms with van der Waals surface area (Å²) in [6.07, 6.45) is -1.36. The van der Waals surface area contributed by atoms with Crippen molar-refractivity contribution in [2.45, 2.75) is 51.2 Å². The number of ether oxygens (including phenoxy) is 1. The highest BCUT2D eigenvalue weighted by atomic mass is 16.5. The molecule has 0 spiro atoms. The van der Waals surface area contributed by atoms with Crippen LogP contribution in [0.2, 0.25) is 0 Å². The van der Waals surface area contributed by atoms with Gasteiger partial charge in [-0.05, 0) is 50.1 Å². The van der Waals surface area contributed by atoms with Crippen LogP contribution in [-0.4, -0.2) is 66.3 Å². The predicted molar refractivity (Wildman–Crippen MR) is 130 cm³/mol. The van der Waals surface area contributed by atoms with Gasteiger partial charge in [-0.15, -0.1) is 0 Å². The van der Waals surface area contributed by atoms with E-state index in [4.69, 9.17) is 4.74 Å². The molecule has 3 rings (SSSR count). The van der Waals surface area contributed by atoms with Gasteiger partial charge in [-0.25, -0.2) is 4.79 Å². The molecule has 0 saturated heterocycles. The van der Waals surface area contributed by atoms with Gasteiger partial charge >= 0.3 is 12.1 Å². The standard InChI is InChI=1S/C26H33N3O5/c1-16(2)29(4)14-17(3)27-25(32)23(13-24(30)31)28-26(33)34-15-22-20-11-7-5-9-18(20)19-10-6-8-12-21(19)22/h5-12,16-17,22-23H,13-15H2,1-4H3,(H,27,32)(H,28,33)(H,30,31)/t17-,23?/m1/s1. The van der Waals surface area contributed by atoms with Crippen molar-refractivity contribution < 1.29 is 24.2 Å². The Morgan fingerprint density at radius 3 is 2.06 bits per heavy atom. The maximum absolute atomic E-state index is 12.7. The van der Waals surface area contributed by atoms with Crippen LogP contribution in [0.3, 0.4) is 0 Å². The van der Waals surface area contributed by atoms with E-state index in [2.05, 4.69) is 15.5 Å². The number of benzene rings is 2. The minimum Gasteiger partial charge on any atom is -0.481 e. The highest BCUT2D eigenvalue weighted by Gasteiger charge is 2.30. The fourth-order valence-corrected chi connectivity index (χ4v) is 4.20. The van der Waals surface area contributed by atoms with Crippen molar-refractivity contribution in [3.63, 3.8) is 0 Å². The Morgan fingerprint density at radius 2 is 1.53 bits per heavy atom. The average molecular weight is 468 g/mol. The van der Waals surface area contributed by atoms with Gasteiger partial charge in [0.2, 0.25) is 5.91 Å². The van der Waals surface area contributed by atoms with Gasteiger partial charge in [-0.3, -0.25) is 9.59 Å². The number of rotatable bonds is 10. The van der Waals surface area contributed by atoms with Crippen LogP contribution in [0.5, 0.6) is 0 Å². The minimum atomic E-state index is -1.24. The third-order valence-corrected chi connectivity index (χ3v) is 6.16. The Hall–Kier alpha value is -3.39. The Kier molecular flexibility index (Phi) is 8.28. The molecule has 0 aromatic heterocycles. The molecular formula is C26H33N3O5. The molecule has 2 amide bonds. The number of hydrogen-bond acceptors (Lipinski definition) is 5. The number of nitrogens with zero attached hydrogens (tertiary/aromatic N) is 1. The predicted octanol–water partition coefficient (Wildman–Crippen LogP) is 3.21. The summed E-state index contributed by atoms with van der Waals surface area (Å²) in [5.41, 5.74) is 4.35. The molecular weight excluding hydrogens is 434 g/mol. The van der Waals surface area contributed by atoms with Crippen molar-refractivity contribution in [2.24, 2.45) is 0 Å². The second kappa shape index (κ2) is 11.2. The number of hydrogen-bond donors (Lipinski definition) is 3. The summed E-state index contributed by atoms with van der Waals surface area (Å²) >= 11 is 0. The van der Waals surface area contributed by atoms with Crippen LogP contribution in [0.15, 0.2) is 48.5 Å². The van der Waals surface area contributed by atoms with Crippen LogP contribution >= 0.6 is 0 Å². The molecule has 0 fully saturated rings. The summed E-state index contributed by atoms with van der Waals surface area (Å²) < 4.78 is 5.47. The van der Waals surface area contributed by atoms with Gasteiger partial charge in [0.1, 0.15) is 12.6 Å². The van der Waals surface area contributed by atoms with Crippen LogP contribution in [0.25, 0.3) is 11.1 Å². The largest absolute Gasteiger partial charge is 0.481 e. The normalized spacial score (nSPS) is 14.3. The van der Waals surface area contributed by atoms with E-state index < -0.39 is 30.4 Å². The molecule has 2 atom stereocenters. The molecule has 2 aromatic rings. The van der Waals surface area contributed by atoms with Crippen LogP contribution in [-0.2, 0) is 14.3 Å². The lowest BCUT2D eigenvalue weighted by Crippen LogP contribution is -2.52. The van der Waals surface area contributed by atoms with Crippen molar-refractivity contribution in [1.82, 2.24) is 15.5 Å². The summed E-state index contributed by atoms with van der Waals surface area (Å²) in [6.45, 7) is 6.59. The van der Waals surface area contributed by atoms with Crippen molar-refractivity contribution in [1.29, 1.82) is 0 Å². The summed E-state index contributed by atoms with van der Waals surface area (Å²) in [7, 11) is 1.94. The second-order valence-electron chi connectivity index (χ2n) is 9.06. The maximum atomic E-state index is 12.7. The number of amides is 2. The molecule has 2 aromatic carbocycles. The second-order valence-corrected chi connectivity index (χ2v) is 9.06. The highest BCUT2D eigenvalue weighted by molar-refractivity contribution is 5.89. The third-order valence-electron chi connectivity index (χ3n) is 6.16. The van der Waals surface area contributed by atoms with Gasteiger partial charge in [-0.1, -0.05) is 48.5 Å². The molecule has 1 aliphatic carbocycles. The molecule has 182 valence electrons. The van der Waals surface area contributed by atoms with E-state index in [1.54, 1.807) is 0 Å². The smallest absolute Gasteiger partial charge is 0.407 e. The molecule has 0 saturated carbocycles. The van der Waals surface area contributed by atoms with E-state index in [1.807, 2.05) is 76.3 Å². The van der Waals surface area contributed by atoms with Gasteiger partial charge in [0.15, 0.2) is 0 Å². The summed E-state index contributed by atoms with van der Waals surface area (Å²) in [4.78, 5) is 38.6. The maximum Gasteiger partial charge on any atom is 0.407 e. The molecule has 1 aliphatic rings. The number of aliphatic carboxylic acids is 1. The van der Waals surface area contributed by atoms with Gasteiger partial charge in [-0.2, -0.15) is 0 Å². The highest BCUT2D eigenvalue weighted by Crippen LogP contribution is 2.44. The molecule has 0 heterocycles. The molecule has 0 aliphatic heterocycles. The average Bonchev–Trinajstić information content (AvgIpc) is 3.10. The van der Waals surface area contributed by atoms with Crippen molar-refractivity contribution in [3.8, 4) is 11.1 Å². The summed E-state index contributed by atoms with van der Waals surface area (Å²) in [5.74, 6) is -1.87. The van der Waals surface area contributed by atoms with Crippen molar-refractivity contribution in [3.05, 3.63) is 59.7 Å². The SMILES string of the molecule is CC(C)N(C)C[C@@H](C)NC(=O)C(CC(=O)O)NC(=O)OCC1c2ccccc2-c2ccccc21. The lowest BCUT2D eigenvalue weighted by atomic mass is 9.98. The first kappa shape index (κ1) is 25.2. The number of carbonyl (C=O) groups is 3. The van der Waals surface area contributed by atoms with Gasteiger partial charge in [0.25, 0.3) is 0 Å². The number of likely N-dealkylation sites (N-methyl/N-ethyl adjacent to an activating group) is 1. The first-order valence-electron chi connectivity index (χ1n) is 11.5. The Labute approximate surface area is 200 Å². The van der Waals surface area contributed by atoms with Crippen molar-refractivity contribution in [2.75, 3.05) is 20.2 Å². The number of fused-ring (bicyclic) bond motifs is 3. The van der Waals surface area contributed by atoms with Gasteiger partial charge < -0.3 is 25.4 Å². The van der Waals surface area contributed by atoms with Gasteiger partial charge in [0, 0.05) is 24.5 Å². The van der Waals surface area contributed by atoms with E-state index in [0.717, 1.165) is 22.3 Å². The first-order valence-corrected chi connectivity index (χ1v) is 11.5. The number of nitrogens with one attached hydrogen (secondary N) is 2. The topological polar surface area (TPSA) is 108 Å². The number of alkyl carbamates (subject to hydrolysis) is 1. The molecule has 34 heavy (non-hydrogen) atoms.